The van der Waals surface area contributed by atoms with Crippen LogP contribution in [0.2, 0.25) is 0 Å². The Hall–Kier alpha value is -2.13. The fraction of sp³-hybridized carbons (Fsp3) is 0.133. The predicted molar refractivity (Wildman–Crippen MR) is 72.2 cm³/mol. The lowest BCUT2D eigenvalue weighted by Gasteiger charge is -2.00. The molecule has 18 heavy (non-hydrogen) atoms. The molecule has 2 N–H and O–H groups in total. The van der Waals surface area contributed by atoms with Crippen molar-refractivity contribution in [3.05, 3.63) is 54.1 Å². The Morgan fingerprint density at radius 2 is 1.94 bits per heavy atom. The number of fused-ring (bicyclic) bond motifs is 1. The summed E-state index contributed by atoms with van der Waals surface area (Å²) in [7, 11) is 0. The van der Waals surface area contributed by atoms with Gasteiger partial charge in [0.1, 0.15) is 5.52 Å². The number of benzene rings is 2. The van der Waals surface area contributed by atoms with Gasteiger partial charge in [-0.1, -0.05) is 24.3 Å². The smallest absolute Gasteiger partial charge is 0.227 e. The van der Waals surface area contributed by atoms with Crippen LogP contribution in [-0.4, -0.2) is 11.5 Å². The molecule has 1 aromatic heterocycles. The monoisotopic (exact) mass is 238 g/mol. The number of hydrogen-bond donors (Lipinski definition) is 1. The normalized spacial score (nSPS) is 10.9. The van der Waals surface area contributed by atoms with E-state index in [9.17, 15) is 0 Å². The molecule has 3 aromatic rings. The van der Waals surface area contributed by atoms with Gasteiger partial charge in [0.15, 0.2) is 5.58 Å². The molecule has 0 atom stereocenters. The molecule has 0 aliphatic rings. The molecule has 2 aromatic carbocycles. The molecule has 0 amide bonds. The highest BCUT2D eigenvalue weighted by atomic mass is 16.3. The molecule has 0 bridgehead atoms. The van der Waals surface area contributed by atoms with Gasteiger partial charge in [-0.2, -0.15) is 0 Å². The summed E-state index contributed by atoms with van der Waals surface area (Å²) in [4.78, 5) is 4.49. The Kier molecular flexibility index (Phi) is 2.82. The van der Waals surface area contributed by atoms with Gasteiger partial charge in [-0.3, -0.25) is 0 Å². The molecule has 3 heteroatoms. The number of hydrogen-bond acceptors (Lipinski definition) is 3. The Morgan fingerprint density at radius 1 is 1.06 bits per heavy atom. The topological polar surface area (TPSA) is 52.0 Å². The minimum atomic E-state index is 0.650. The summed E-state index contributed by atoms with van der Waals surface area (Å²) in [5.41, 5.74) is 9.48. The van der Waals surface area contributed by atoms with Crippen LogP contribution in [0.3, 0.4) is 0 Å². The maximum Gasteiger partial charge on any atom is 0.227 e. The SMILES string of the molecule is NCCc1cccc(-c2nc3ccccc3o2)c1. The number of aromatic nitrogens is 1. The van der Waals surface area contributed by atoms with Crippen LogP contribution < -0.4 is 5.73 Å². The number of nitrogens with zero attached hydrogens (tertiary/aromatic N) is 1. The maximum atomic E-state index is 5.74. The molecule has 0 aliphatic heterocycles. The second-order valence-electron chi connectivity index (χ2n) is 4.23. The Morgan fingerprint density at radius 3 is 2.78 bits per heavy atom. The second kappa shape index (κ2) is 4.63. The number of nitrogens with two attached hydrogens (primary N) is 1. The molecule has 0 aliphatic carbocycles. The highest BCUT2D eigenvalue weighted by molar-refractivity contribution is 5.76. The quantitative estimate of drug-likeness (QED) is 0.763. The predicted octanol–water partition coefficient (Wildman–Crippen LogP) is 3.00. The van der Waals surface area contributed by atoms with E-state index in [1.54, 1.807) is 0 Å². The average Bonchev–Trinajstić information content (AvgIpc) is 2.83. The summed E-state index contributed by atoms with van der Waals surface area (Å²) in [6, 6.07) is 15.9. The van der Waals surface area contributed by atoms with E-state index < -0.39 is 0 Å². The Balaban J connectivity index is 2.05. The van der Waals surface area contributed by atoms with Gasteiger partial charge in [0.25, 0.3) is 0 Å². The van der Waals surface area contributed by atoms with E-state index in [2.05, 4.69) is 17.1 Å². The van der Waals surface area contributed by atoms with Crippen LogP contribution in [0.4, 0.5) is 0 Å². The van der Waals surface area contributed by atoms with Gasteiger partial charge in [0.05, 0.1) is 0 Å². The van der Waals surface area contributed by atoms with Crippen LogP contribution in [0.5, 0.6) is 0 Å². The summed E-state index contributed by atoms with van der Waals surface area (Å²) < 4.78 is 5.74. The van der Waals surface area contributed by atoms with E-state index in [0.29, 0.717) is 12.4 Å². The first kappa shape index (κ1) is 11.0. The van der Waals surface area contributed by atoms with Gasteiger partial charge in [-0.15, -0.1) is 0 Å². The van der Waals surface area contributed by atoms with E-state index in [0.717, 1.165) is 23.1 Å². The third kappa shape index (κ3) is 2.00. The molecular formula is C15H14N2O. The van der Waals surface area contributed by atoms with Crippen molar-refractivity contribution in [1.29, 1.82) is 0 Å². The first-order valence-electron chi connectivity index (χ1n) is 6.02. The second-order valence-corrected chi connectivity index (χ2v) is 4.23. The lowest BCUT2D eigenvalue weighted by Crippen LogP contribution is -2.02. The van der Waals surface area contributed by atoms with Gasteiger partial charge in [-0.05, 0) is 42.8 Å². The van der Waals surface area contributed by atoms with E-state index in [4.69, 9.17) is 10.2 Å². The molecule has 1 heterocycles. The molecule has 90 valence electrons. The summed E-state index contributed by atoms with van der Waals surface area (Å²) in [6.45, 7) is 0.650. The fourth-order valence-corrected chi connectivity index (χ4v) is 2.02. The molecule has 3 nitrogen and oxygen atoms in total. The van der Waals surface area contributed by atoms with Crippen molar-refractivity contribution in [3.63, 3.8) is 0 Å². The zero-order valence-electron chi connectivity index (χ0n) is 9.97. The van der Waals surface area contributed by atoms with Crippen molar-refractivity contribution < 1.29 is 4.42 Å². The first-order valence-corrected chi connectivity index (χ1v) is 6.02. The third-order valence-electron chi connectivity index (χ3n) is 2.90. The number of rotatable bonds is 3. The van der Waals surface area contributed by atoms with Gasteiger partial charge >= 0.3 is 0 Å². The highest BCUT2D eigenvalue weighted by Crippen LogP contribution is 2.24. The van der Waals surface area contributed by atoms with Crippen LogP contribution in [0, 0.1) is 0 Å². The molecule has 0 unspecified atom stereocenters. The summed E-state index contributed by atoms with van der Waals surface area (Å²) in [6.07, 6.45) is 0.869. The van der Waals surface area contributed by atoms with Crippen molar-refractivity contribution >= 4 is 11.1 Å². The van der Waals surface area contributed by atoms with Gasteiger partial charge in [0.2, 0.25) is 5.89 Å². The zero-order chi connectivity index (χ0) is 12.4. The van der Waals surface area contributed by atoms with Crippen molar-refractivity contribution in [2.75, 3.05) is 6.54 Å². The van der Waals surface area contributed by atoms with E-state index in [1.807, 2.05) is 36.4 Å². The molecule has 0 fully saturated rings. The minimum Gasteiger partial charge on any atom is -0.436 e. The van der Waals surface area contributed by atoms with E-state index in [-0.39, 0.29) is 0 Å². The molecule has 0 saturated carbocycles. The van der Waals surface area contributed by atoms with Gasteiger partial charge in [-0.25, -0.2) is 4.98 Å². The minimum absolute atomic E-state index is 0.650. The van der Waals surface area contributed by atoms with Crippen LogP contribution in [0.25, 0.3) is 22.6 Å². The Bertz CT molecular complexity index is 640. The molecule has 0 spiro atoms. The number of oxazole rings is 1. The first-order chi connectivity index (χ1) is 8.86. The van der Waals surface area contributed by atoms with E-state index >= 15 is 0 Å². The summed E-state index contributed by atoms with van der Waals surface area (Å²) in [5, 5.41) is 0. The van der Waals surface area contributed by atoms with E-state index in [1.165, 1.54) is 5.56 Å². The average molecular weight is 238 g/mol. The summed E-state index contributed by atoms with van der Waals surface area (Å²) in [5.74, 6) is 0.662. The van der Waals surface area contributed by atoms with Gasteiger partial charge < -0.3 is 10.2 Å². The third-order valence-corrected chi connectivity index (χ3v) is 2.90. The lowest BCUT2D eigenvalue weighted by molar-refractivity contribution is 0.619. The Labute approximate surface area is 105 Å². The van der Waals surface area contributed by atoms with Crippen LogP contribution >= 0.6 is 0 Å². The lowest BCUT2D eigenvalue weighted by atomic mass is 10.1. The van der Waals surface area contributed by atoms with Crippen LogP contribution in [0.15, 0.2) is 52.9 Å². The fourth-order valence-electron chi connectivity index (χ4n) is 2.02. The summed E-state index contributed by atoms with van der Waals surface area (Å²) >= 11 is 0. The molecule has 3 rings (SSSR count). The maximum absolute atomic E-state index is 5.74. The van der Waals surface area contributed by atoms with Crippen molar-refractivity contribution in [3.8, 4) is 11.5 Å². The number of para-hydroxylation sites is 2. The van der Waals surface area contributed by atoms with Gasteiger partial charge in [0, 0.05) is 5.56 Å². The molecule has 0 saturated heterocycles. The highest BCUT2D eigenvalue weighted by Gasteiger charge is 2.07. The molecular weight excluding hydrogens is 224 g/mol. The standard InChI is InChI=1S/C15H14N2O/c16-9-8-11-4-3-5-12(10-11)15-17-13-6-1-2-7-14(13)18-15/h1-7,10H,8-9,16H2. The van der Waals surface area contributed by atoms with Crippen LogP contribution in [0.1, 0.15) is 5.56 Å². The zero-order valence-corrected chi connectivity index (χ0v) is 9.97. The largest absolute Gasteiger partial charge is 0.436 e. The van der Waals surface area contributed by atoms with Crippen molar-refractivity contribution in [1.82, 2.24) is 4.98 Å². The molecule has 0 radical (unpaired) electrons. The van der Waals surface area contributed by atoms with Crippen molar-refractivity contribution in [2.45, 2.75) is 6.42 Å². The van der Waals surface area contributed by atoms with Crippen LogP contribution in [-0.2, 0) is 6.42 Å². The van der Waals surface area contributed by atoms with Crippen molar-refractivity contribution in [2.24, 2.45) is 5.73 Å².